The van der Waals surface area contributed by atoms with E-state index in [0.717, 1.165) is 23.4 Å². The topological polar surface area (TPSA) is 36.1 Å². The minimum atomic E-state index is -0.848. The van der Waals surface area contributed by atoms with Crippen LogP contribution >= 0.6 is 0 Å². The van der Waals surface area contributed by atoms with Gasteiger partial charge in [0.05, 0.1) is 16.6 Å². The first-order chi connectivity index (χ1) is 10.9. The Morgan fingerprint density at radius 3 is 2.30 bits per heavy atom. The second kappa shape index (κ2) is 5.50. The number of hydrogen-bond donors (Lipinski definition) is 1. The zero-order valence-corrected chi connectivity index (χ0v) is 13.1. The molecule has 1 heterocycles. The maximum atomic E-state index is 13.9. The van der Waals surface area contributed by atoms with Crippen molar-refractivity contribution in [1.29, 1.82) is 0 Å². The molecule has 0 bridgehead atoms. The second-order valence-corrected chi connectivity index (χ2v) is 5.71. The molecule has 0 saturated carbocycles. The Balaban J connectivity index is 2.26. The summed E-state index contributed by atoms with van der Waals surface area (Å²) in [6.45, 7) is 1.64. The summed E-state index contributed by atoms with van der Waals surface area (Å²) in [6.07, 6.45) is 0. The van der Waals surface area contributed by atoms with Gasteiger partial charge in [0.1, 0.15) is 11.6 Å². The van der Waals surface area contributed by atoms with Crippen LogP contribution in [-0.2, 0) is 0 Å². The second-order valence-electron chi connectivity index (χ2n) is 5.71. The van der Waals surface area contributed by atoms with Crippen molar-refractivity contribution in [3.05, 3.63) is 63.8 Å². The fourth-order valence-electron chi connectivity index (χ4n) is 2.65. The zero-order chi connectivity index (χ0) is 16.7. The number of aromatic amines is 1. The number of rotatable bonds is 2. The molecule has 23 heavy (non-hydrogen) atoms. The molecule has 2 aromatic carbocycles. The number of nitrogens with zero attached hydrogens (tertiary/aromatic N) is 1. The van der Waals surface area contributed by atoms with Crippen molar-refractivity contribution in [3.8, 4) is 11.3 Å². The van der Waals surface area contributed by atoms with Crippen molar-refractivity contribution in [2.75, 3.05) is 19.0 Å². The van der Waals surface area contributed by atoms with Crippen LogP contribution in [0.25, 0.3) is 22.2 Å². The molecule has 0 spiro atoms. The van der Waals surface area contributed by atoms with E-state index < -0.39 is 17.1 Å². The Kier molecular flexibility index (Phi) is 3.64. The molecule has 0 unspecified atom stereocenters. The van der Waals surface area contributed by atoms with Gasteiger partial charge in [-0.05, 0) is 30.7 Å². The lowest BCUT2D eigenvalue weighted by molar-refractivity contribution is 0.591. The average Bonchev–Trinajstić information content (AvgIpc) is 2.50. The van der Waals surface area contributed by atoms with Gasteiger partial charge in [-0.25, -0.2) is 8.78 Å². The molecule has 0 aliphatic heterocycles. The lowest BCUT2D eigenvalue weighted by Gasteiger charge is -2.14. The van der Waals surface area contributed by atoms with E-state index in [1.54, 1.807) is 6.92 Å². The van der Waals surface area contributed by atoms with Gasteiger partial charge in [-0.15, -0.1) is 0 Å². The Bertz CT molecular complexity index is 944. The molecule has 3 nitrogen and oxygen atoms in total. The molecule has 3 rings (SSSR count). The number of aromatic nitrogens is 1. The lowest BCUT2D eigenvalue weighted by Crippen LogP contribution is -2.12. The molecular weight excluding hydrogens is 298 g/mol. The van der Waals surface area contributed by atoms with Crippen LogP contribution in [0.3, 0.4) is 0 Å². The number of anilines is 1. The van der Waals surface area contributed by atoms with Gasteiger partial charge in [-0.3, -0.25) is 4.79 Å². The third kappa shape index (κ3) is 2.59. The SMILES string of the molecule is Cc1c(-c2ccc(N(C)C)cc2)[nH]c2cc(F)cc(F)c2c1=O. The molecule has 0 aliphatic rings. The molecule has 1 aromatic heterocycles. The molecule has 0 atom stereocenters. The molecule has 3 aromatic rings. The summed E-state index contributed by atoms with van der Waals surface area (Å²) in [6, 6.07) is 9.44. The highest BCUT2D eigenvalue weighted by Crippen LogP contribution is 2.25. The lowest BCUT2D eigenvalue weighted by atomic mass is 10.0. The zero-order valence-electron chi connectivity index (χ0n) is 13.1. The average molecular weight is 314 g/mol. The van der Waals surface area contributed by atoms with E-state index in [9.17, 15) is 13.6 Å². The third-order valence-electron chi connectivity index (χ3n) is 3.93. The van der Waals surface area contributed by atoms with Crippen LogP contribution in [0.2, 0.25) is 0 Å². The minimum Gasteiger partial charge on any atom is -0.378 e. The number of fused-ring (bicyclic) bond motifs is 1. The van der Waals surface area contributed by atoms with Gasteiger partial charge in [-0.2, -0.15) is 0 Å². The monoisotopic (exact) mass is 314 g/mol. The summed E-state index contributed by atoms with van der Waals surface area (Å²) in [5.74, 6) is -1.57. The quantitative estimate of drug-likeness (QED) is 0.780. The van der Waals surface area contributed by atoms with Crippen LogP contribution in [-0.4, -0.2) is 19.1 Å². The van der Waals surface area contributed by atoms with Crippen molar-refractivity contribution in [1.82, 2.24) is 4.98 Å². The Labute approximate surface area is 132 Å². The molecule has 0 fully saturated rings. The summed E-state index contributed by atoms with van der Waals surface area (Å²) in [7, 11) is 3.87. The van der Waals surface area contributed by atoms with Gasteiger partial charge < -0.3 is 9.88 Å². The number of halogens is 2. The predicted molar refractivity (Wildman–Crippen MR) is 89.0 cm³/mol. The number of benzene rings is 2. The highest BCUT2D eigenvalue weighted by atomic mass is 19.1. The minimum absolute atomic E-state index is 0.113. The van der Waals surface area contributed by atoms with Crippen molar-refractivity contribution in [2.45, 2.75) is 6.92 Å². The highest BCUT2D eigenvalue weighted by Gasteiger charge is 2.14. The molecule has 0 radical (unpaired) electrons. The van der Waals surface area contributed by atoms with E-state index in [-0.39, 0.29) is 10.9 Å². The van der Waals surface area contributed by atoms with Crippen molar-refractivity contribution in [3.63, 3.8) is 0 Å². The van der Waals surface area contributed by atoms with Crippen LogP contribution in [0.1, 0.15) is 5.56 Å². The molecule has 1 N–H and O–H groups in total. The van der Waals surface area contributed by atoms with Gasteiger partial charge in [0, 0.05) is 31.4 Å². The van der Waals surface area contributed by atoms with Crippen LogP contribution in [0, 0.1) is 18.6 Å². The summed E-state index contributed by atoms with van der Waals surface area (Å²) in [5, 5.41) is -0.113. The van der Waals surface area contributed by atoms with E-state index in [2.05, 4.69) is 4.98 Å². The molecule has 0 aliphatic carbocycles. The third-order valence-corrected chi connectivity index (χ3v) is 3.93. The van der Waals surface area contributed by atoms with Gasteiger partial charge in [0.15, 0.2) is 5.43 Å². The van der Waals surface area contributed by atoms with E-state index in [4.69, 9.17) is 0 Å². The first kappa shape index (κ1) is 15.2. The number of nitrogens with one attached hydrogen (secondary N) is 1. The standard InChI is InChI=1S/C18H16F2N2O/c1-10-17(11-4-6-13(7-5-11)22(2)3)21-15-9-12(19)8-14(20)16(15)18(10)23/h4-9H,1-3H3,(H,21,23). The Hall–Kier alpha value is -2.69. The fraction of sp³-hybridized carbons (Fsp3) is 0.167. The van der Waals surface area contributed by atoms with Gasteiger partial charge in [0.2, 0.25) is 0 Å². The molecule has 118 valence electrons. The normalized spacial score (nSPS) is 11.0. The number of hydrogen-bond acceptors (Lipinski definition) is 2. The number of pyridine rings is 1. The van der Waals surface area contributed by atoms with E-state index in [1.165, 1.54) is 0 Å². The molecule has 5 heteroatoms. The summed E-state index contributed by atoms with van der Waals surface area (Å²) >= 11 is 0. The van der Waals surface area contributed by atoms with Gasteiger partial charge in [0.25, 0.3) is 0 Å². The molecule has 0 saturated heterocycles. The maximum Gasteiger partial charge on any atom is 0.195 e. The first-order valence-corrected chi connectivity index (χ1v) is 7.18. The number of H-pyrrole nitrogens is 1. The summed E-state index contributed by atoms with van der Waals surface area (Å²) in [5.41, 5.74) is 2.51. The maximum absolute atomic E-state index is 13.9. The highest BCUT2D eigenvalue weighted by molar-refractivity contribution is 5.84. The largest absolute Gasteiger partial charge is 0.378 e. The van der Waals surface area contributed by atoms with Gasteiger partial charge in [-0.1, -0.05) is 12.1 Å². The van der Waals surface area contributed by atoms with E-state index >= 15 is 0 Å². The van der Waals surface area contributed by atoms with E-state index in [0.29, 0.717) is 11.3 Å². The van der Waals surface area contributed by atoms with Crippen LogP contribution in [0.5, 0.6) is 0 Å². The van der Waals surface area contributed by atoms with Gasteiger partial charge >= 0.3 is 0 Å². The fourth-order valence-corrected chi connectivity index (χ4v) is 2.65. The first-order valence-electron chi connectivity index (χ1n) is 7.18. The van der Waals surface area contributed by atoms with Crippen LogP contribution < -0.4 is 10.3 Å². The summed E-state index contributed by atoms with van der Waals surface area (Å²) < 4.78 is 27.3. The van der Waals surface area contributed by atoms with Crippen molar-refractivity contribution in [2.24, 2.45) is 0 Å². The smallest absolute Gasteiger partial charge is 0.195 e. The molecular formula is C18H16F2N2O. The van der Waals surface area contributed by atoms with E-state index in [1.807, 2.05) is 43.3 Å². The van der Waals surface area contributed by atoms with Crippen LogP contribution in [0.15, 0.2) is 41.2 Å². The van der Waals surface area contributed by atoms with Crippen LogP contribution in [0.4, 0.5) is 14.5 Å². The summed E-state index contributed by atoms with van der Waals surface area (Å²) in [4.78, 5) is 17.4. The van der Waals surface area contributed by atoms with Crippen molar-refractivity contribution < 1.29 is 8.78 Å². The predicted octanol–water partition coefficient (Wildman–Crippen LogP) is 3.85. The molecule has 0 amide bonds. The van der Waals surface area contributed by atoms with Crippen molar-refractivity contribution >= 4 is 16.6 Å². The Morgan fingerprint density at radius 1 is 1.04 bits per heavy atom. The Morgan fingerprint density at radius 2 is 1.70 bits per heavy atom.